The lowest BCUT2D eigenvalue weighted by Gasteiger charge is -2.13. The van der Waals surface area contributed by atoms with Gasteiger partial charge in [0.25, 0.3) is 11.8 Å². The van der Waals surface area contributed by atoms with Crippen molar-refractivity contribution in [2.75, 3.05) is 25.1 Å². The van der Waals surface area contributed by atoms with Gasteiger partial charge in [0.2, 0.25) is 0 Å². The maximum Gasteiger partial charge on any atom is 0.277 e. The normalized spacial score (nSPS) is 14.1. The largest absolute Gasteiger partial charge is 0.494 e. The highest BCUT2D eigenvalue weighted by Crippen LogP contribution is 2.20. The van der Waals surface area contributed by atoms with E-state index in [0.29, 0.717) is 12.3 Å². The molecule has 0 unspecified atom stereocenters. The Bertz CT molecular complexity index is 596. The third kappa shape index (κ3) is 4.83. The summed E-state index contributed by atoms with van der Waals surface area (Å²) in [4.78, 5) is 24.7. The lowest BCUT2D eigenvalue weighted by atomic mass is 10.2. The van der Waals surface area contributed by atoms with E-state index in [2.05, 4.69) is 12.2 Å². The lowest BCUT2D eigenvalue weighted by Crippen LogP contribution is -2.34. The number of hydrogen-bond donors (Lipinski definition) is 2. The minimum absolute atomic E-state index is 0.00412. The predicted octanol–water partition coefficient (Wildman–Crippen LogP) is 2.30. The maximum atomic E-state index is 12.0. The molecule has 0 radical (unpaired) electrons. The summed E-state index contributed by atoms with van der Waals surface area (Å²) in [6.45, 7) is 2.63. The molecule has 130 valence electrons. The van der Waals surface area contributed by atoms with Gasteiger partial charge in [0.1, 0.15) is 11.4 Å². The molecule has 0 aromatic heterocycles. The van der Waals surface area contributed by atoms with Crippen LogP contribution in [0, 0.1) is 0 Å². The number of benzene rings is 1. The van der Waals surface area contributed by atoms with Crippen LogP contribution in [0.3, 0.4) is 0 Å². The number of ether oxygens (including phenoxy) is 1. The van der Waals surface area contributed by atoms with Gasteiger partial charge >= 0.3 is 0 Å². The third-order valence-electron chi connectivity index (χ3n) is 3.73. The SMILES string of the molecule is CCCCCCOc1ccc(NC2=CC(=O)N(CCO)C2=O)cc1. The number of aliphatic hydroxyl groups is 1. The van der Waals surface area contributed by atoms with Gasteiger partial charge in [-0.2, -0.15) is 0 Å². The molecule has 0 atom stereocenters. The molecule has 1 heterocycles. The summed E-state index contributed by atoms with van der Waals surface area (Å²) in [7, 11) is 0. The fourth-order valence-corrected chi connectivity index (χ4v) is 2.42. The molecule has 2 amide bonds. The second kappa shape index (κ2) is 9.08. The first-order chi connectivity index (χ1) is 11.7. The van der Waals surface area contributed by atoms with Crippen molar-refractivity contribution in [3.63, 3.8) is 0 Å². The van der Waals surface area contributed by atoms with Crippen LogP contribution in [0.1, 0.15) is 32.6 Å². The van der Waals surface area contributed by atoms with Gasteiger partial charge in [-0.1, -0.05) is 26.2 Å². The molecular formula is C18H24N2O4. The average molecular weight is 332 g/mol. The molecule has 1 aliphatic heterocycles. The van der Waals surface area contributed by atoms with Crippen LogP contribution in [0.15, 0.2) is 36.0 Å². The minimum atomic E-state index is -0.426. The molecule has 1 aliphatic rings. The Morgan fingerprint density at radius 3 is 2.54 bits per heavy atom. The van der Waals surface area contributed by atoms with Gasteiger partial charge in [-0.25, -0.2) is 0 Å². The summed E-state index contributed by atoms with van der Waals surface area (Å²) in [6.07, 6.45) is 5.88. The molecule has 1 aromatic rings. The van der Waals surface area contributed by atoms with Gasteiger partial charge in [-0.15, -0.1) is 0 Å². The Kier molecular flexibility index (Phi) is 6.81. The van der Waals surface area contributed by atoms with Crippen molar-refractivity contribution in [3.8, 4) is 5.75 Å². The monoisotopic (exact) mass is 332 g/mol. The minimum Gasteiger partial charge on any atom is -0.494 e. The zero-order valence-corrected chi connectivity index (χ0v) is 14.0. The van der Waals surface area contributed by atoms with Crippen LogP contribution in [0.5, 0.6) is 5.75 Å². The van der Waals surface area contributed by atoms with Gasteiger partial charge in [0.05, 0.1) is 19.8 Å². The average Bonchev–Trinajstić information content (AvgIpc) is 2.84. The van der Waals surface area contributed by atoms with E-state index in [9.17, 15) is 9.59 Å². The standard InChI is InChI=1S/C18H24N2O4/c1-2-3-4-5-12-24-15-8-6-14(7-9-15)19-16-13-17(22)20(10-11-21)18(16)23/h6-9,13,19,21H,2-5,10-12H2,1H3. The Balaban J connectivity index is 1.85. The van der Waals surface area contributed by atoms with E-state index in [4.69, 9.17) is 9.84 Å². The number of rotatable bonds is 10. The van der Waals surface area contributed by atoms with Gasteiger partial charge in [-0.05, 0) is 30.7 Å². The Morgan fingerprint density at radius 1 is 1.12 bits per heavy atom. The van der Waals surface area contributed by atoms with E-state index < -0.39 is 11.8 Å². The van der Waals surface area contributed by atoms with Crippen molar-refractivity contribution < 1.29 is 19.4 Å². The molecule has 6 heteroatoms. The number of β-amino-alcohol motifs (C(OH)–C–C–N with tert-alkyl or cyclic N) is 1. The topological polar surface area (TPSA) is 78.9 Å². The van der Waals surface area contributed by atoms with Crippen LogP contribution in [0.25, 0.3) is 0 Å². The van der Waals surface area contributed by atoms with Crippen LogP contribution in [0.4, 0.5) is 5.69 Å². The first kappa shape index (κ1) is 18.0. The van der Waals surface area contributed by atoms with Crippen LogP contribution < -0.4 is 10.1 Å². The quantitative estimate of drug-likeness (QED) is 0.508. The van der Waals surface area contributed by atoms with Crippen molar-refractivity contribution in [1.29, 1.82) is 0 Å². The van der Waals surface area contributed by atoms with Gasteiger partial charge < -0.3 is 15.2 Å². The Labute approximate surface area is 142 Å². The molecule has 6 nitrogen and oxygen atoms in total. The highest BCUT2D eigenvalue weighted by molar-refractivity contribution is 6.17. The molecule has 24 heavy (non-hydrogen) atoms. The number of aliphatic hydroxyl groups excluding tert-OH is 1. The fraction of sp³-hybridized carbons (Fsp3) is 0.444. The third-order valence-corrected chi connectivity index (χ3v) is 3.73. The number of amides is 2. The first-order valence-corrected chi connectivity index (χ1v) is 8.34. The van der Waals surface area contributed by atoms with Crippen molar-refractivity contribution in [1.82, 2.24) is 4.90 Å². The van der Waals surface area contributed by atoms with Crippen molar-refractivity contribution in [3.05, 3.63) is 36.0 Å². The van der Waals surface area contributed by atoms with E-state index in [1.54, 1.807) is 12.1 Å². The fourth-order valence-electron chi connectivity index (χ4n) is 2.42. The van der Waals surface area contributed by atoms with E-state index in [1.165, 1.54) is 25.3 Å². The van der Waals surface area contributed by atoms with Crippen LogP contribution in [0.2, 0.25) is 0 Å². The van der Waals surface area contributed by atoms with Crippen molar-refractivity contribution >= 4 is 17.5 Å². The molecule has 2 rings (SSSR count). The summed E-state index contributed by atoms with van der Waals surface area (Å²) in [5, 5.41) is 11.8. The zero-order chi connectivity index (χ0) is 17.4. The van der Waals surface area contributed by atoms with E-state index in [1.807, 2.05) is 12.1 Å². The van der Waals surface area contributed by atoms with E-state index in [0.717, 1.165) is 17.1 Å². The predicted molar refractivity (Wildman–Crippen MR) is 91.6 cm³/mol. The molecule has 2 N–H and O–H groups in total. The number of carbonyl (C=O) groups excluding carboxylic acids is 2. The highest BCUT2D eigenvalue weighted by Gasteiger charge is 2.30. The molecule has 1 aromatic carbocycles. The summed E-state index contributed by atoms with van der Waals surface area (Å²) in [5.74, 6) is -0.0596. The summed E-state index contributed by atoms with van der Waals surface area (Å²) < 4.78 is 5.67. The number of imide groups is 1. The number of nitrogens with zero attached hydrogens (tertiary/aromatic N) is 1. The van der Waals surface area contributed by atoms with Gasteiger partial charge in [0.15, 0.2) is 0 Å². The maximum absolute atomic E-state index is 12.0. The number of carbonyl (C=O) groups is 2. The second-order valence-electron chi connectivity index (χ2n) is 5.64. The zero-order valence-electron chi connectivity index (χ0n) is 14.0. The molecule has 0 aliphatic carbocycles. The number of nitrogens with one attached hydrogen (secondary N) is 1. The van der Waals surface area contributed by atoms with E-state index in [-0.39, 0.29) is 18.8 Å². The van der Waals surface area contributed by atoms with Crippen LogP contribution >= 0.6 is 0 Å². The molecule has 0 spiro atoms. The number of anilines is 1. The Hall–Kier alpha value is -2.34. The number of hydrogen-bond acceptors (Lipinski definition) is 5. The van der Waals surface area contributed by atoms with Crippen molar-refractivity contribution in [2.24, 2.45) is 0 Å². The molecular weight excluding hydrogens is 308 g/mol. The van der Waals surface area contributed by atoms with Crippen LogP contribution in [-0.4, -0.2) is 41.6 Å². The Morgan fingerprint density at radius 2 is 1.88 bits per heavy atom. The summed E-state index contributed by atoms with van der Waals surface area (Å²) in [6, 6.07) is 7.26. The van der Waals surface area contributed by atoms with Crippen molar-refractivity contribution in [2.45, 2.75) is 32.6 Å². The van der Waals surface area contributed by atoms with E-state index >= 15 is 0 Å². The van der Waals surface area contributed by atoms with Gasteiger partial charge in [-0.3, -0.25) is 14.5 Å². The molecule has 0 saturated carbocycles. The lowest BCUT2D eigenvalue weighted by molar-refractivity contribution is -0.137. The smallest absolute Gasteiger partial charge is 0.277 e. The molecule has 0 bridgehead atoms. The first-order valence-electron chi connectivity index (χ1n) is 8.34. The number of unbranched alkanes of at least 4 members (excludes halogenated alkanes) is 3. The molecule has 0 saturated heterocycles. The van der Waals surface area contributed by atoms with Crippen LogP contribution in [-0.2, 0) is 9.59 Å². The second-order valence-corrected chi connectivity index (χ2v) is 5.64. The molecule has 0 fully saturated rings. The van der Waals surface area contributed by atoms with Gasteiger partial charge in [0, 0.05) is 11.8 Å². The summed E-state index contributed by atoms with van der Waals surface area (Å²) >= 11 is 0. The highest BCUT2D eigenvalue weighted by atomic mass is 16.5. The summed E-state index contributed by atoms with van der Waals surface area (Å²) in [5.41, 5.74) is 0.910.